The number of anilines is 2. The average Bonchev–Trinajstić information content (AvgIpc) is 2.44. The van der Waals surface area contributed by atoms with Crippen molar-refractivity contribution in [2.24, 2.45) is 5.73 Å². The molecule has 1 heterocycles. The van der Waals surface area contributed by atoms with Crippen LogP contribution in [0.25, 0.3) is 0 Å². The van der Waals surface area contributed by atoms with Gasteiger partial charge in [0.05, 0.1) is 18.8 Å². The monoisotopic (exact) mass is 278 g/mol. The highest BCUT2D eigenvalue weighted by Crippen LogP contribution is 2.18. The van der Waals surface area contributed by atoms with Crippen LogP contribution in [0.15, 0.2) is 18.2 Å². The molecule has 1 fully saturated rings. The first-order valence-electron chi connectivity index (χ1n) is 6.90. The molecule has 0 unspecified atom stereocenters. The van der Waals surface area contributed by atoms with Crippen molar-refractivity contribution in [3.8, 4) is 0 Å². The van der Waals surface area contributed by atoms with E-state index in [0.29, 0.717) is 16.9 Å². The van der Waals surface area contributed by atoms with Gasteiger partial charge in [0.1, 0.15) is 0 Å². The van der Waals surface area contributed by atoms with Gasteiger partial charge in [-0.25, -0.2) is 0 Å². The molecule has 0 radical (unpaired) electrons. The van der Waals surface area contributed by atoms with E-state index in [1.54, 1.807) is 18.2 Å². The number of primary amides is 1. The first kappa shape index (κ1) is 14.6. The second kappa shape index (κ2) is 7.12. The first-order valence-corrected chi connectivity index (χ1v) is 6.90. The number of nitrogen functional groups attached to an aromatic ring is 1. The Bertz CT molecular complexity index is 458. The van der Waals surface area contributed by atoms with Crippen LogP contribution in [0, 0.1) is 0 Å². The topological polar surface area (TPSA) is 93.6 Å². The van der Waals surface area contributed by atoms with Crippen LogP contribution in [0.5, 0.6) is 0 Å². The van der Waals surface area contributed by atoms with Crippen molar-refractivity contribution >= 4 is 17.3 Å². The molecule has 110 valence electrons. The number of nitrogens with zero attached hydrogens (tertiary/aromatic N) is 1. The Kier molecular flexibility index (Phi) is 5.20. The minimum absolute atomic E-state index is 0.444. The van der Waals surface area contributed by atoms with Gasteiger partial charge in [0.2, 0.25) is 0 Å². The van der Waals surface area contributed by atoms with Crippen LogP contribution < -0.4 is 16.8 Å². The Morgan fingerprint density at radius 3 is 2.80 bits per heavy atom. The molecule has 0 bridgehead atoms. The number of rotatable bonds is 6. The molecule has 5 N–H and O–H groups in total. The molecule has 6 heteroatoms. The maximum atomic E-state index is 11.3. The third-order valence-corrected chi connectivity index (χ3v) is 3.38. The summed E-state index contributed by atoms with van der Waals surface area (Å²) in [6.07, 6.45) is 0.993. The Balaban J connectivity index is 1.81. The Hall–Kier alpha value is -1.79. The molecule has 2 rings (SSSR count). The fourth-order valence-corrected chi connectivity index (χ4v) is 2.27. The second-order valence-electron chi connectivity index (χ2n) is 4.90. The summed E-state index contributed by atoms with van der Waals surface area (Å²) in [5.74, 6) is -0.444. The maximum absolute atomic E-state index is 11.3. The fraction of sp³-hybridized carbons (Fsp3) is 0.500. The quantitative estimate of drug-likeness (QED) is 0.520. The lowest BCUT2D eigenvalue weighted by Crippen LogP contribution is -2.37. The summed E-state index contributed by atoms with van der Waals surface area (Å²) in [5.41, 5.74) is 12.9. The van der Waals surface area contributed by atoms with E-state index in [9.17, 15) is 4.79 Å². The van der Waals surface area contributed by atoms with Gasteiger partial charge in [0.25, 0.3) is 5.91 Å². The summed E-state index contributed by atoms with van der Waals surface area (Å²) < 4.78 is 5.31. The van der Waals surface area contributed by atoms with E-state index in [4.69, 9.17) is 16.2 Å². The van der Waals surface area contributed by atoms with E-state index >= 15 is 0 Å². The van der Waals surface area contributed by atoms with Crippen molar-refractivity contribution in [1.29, 1.82) is 0 Å². The molecule has 1 amide bonds. The highest BCUT2D eigenvalue weighted by molar-refractivity contribution is 5.99. The van der Waals surface area contributed by atoms with E-state index in [1.807, 2.05) is 0 Å². The number of hydrogen-bond donors (Lipinski definition) is 3. The molecule has 0 aliphatic carbocycles. The zero-order valence-electron chi connectivity index (χ0n) is 11.6. The lowest BCUT2D eigenvalue weighted by Gasteiger charge is -2.26. The van der Waals surface area contributed by atoms with Gasteiger partial charge in [-0.1, -0.05) is 0 Å². The van der Waals surface area contributed by atoms with Crippen molar-refractivity contribution in [2.75, 3.05) is 50.4 Å². The standard InChI is InChI=1S/C14H22N4O2/c15-11-2-3-12(14(16)19)13(10-11)17-4-1-5-18-6-8-20-9-7-18/h2-3,10,17H,1,4-9,15H2,(H2,16,19). The Labute approximate surface area is 119 Å². The molecule has 1 aromatic carbocycles. The zero-order valence-corrected chi connectivity index (χ0v) is 11.6. The highest BCUT2D eigenvalue weighted by atomic mass is 16.5. The molecule has 1 aliphatic heterocycles. The number of benzene rings is 1. The number of hydrogen-bond acceptors (Lipinski definition) is 5. The van der Waals surface area contributed by atoms with Gasteiger partial charge in [-0.2, -0.15) is 0 Å². The lowest BCUT2D eigenvalue weighted by molar-refractivity contribution is 0.0378. The van der Waals surface area contributed by atoms with Crippen LogP contribution in [0.3, 0.4) is 0 Å². The third-order valence-electron chi connectivity index (χ3n) is 3.38. The summed E-state index contributed by atoms with van der Waals surface area (Å²) in [6, 6.07) is 5.08. The molecule has 0 atom stereocenters. The Morgan fingerprint density at radius 2 is 2.10 bits per heavy atom. The molecule has 1 saturated heterocycles. The predicted molar refractivity (Wildman–Crippen MR) is 79.7 cm³/mol. The van der Waals surface area contributed by atoms with Gasteiger partial charge < -0.3 is 21.5 Å². The van der Waals surface area contributed by atoms with Crippen LogP contribution in [-0.2, 0) is 4.74 Å². The zero-order chi connectivity index (χ0) is 14.4. The maximum Gasteiger partial charge on any atom is 0.250 e. The smallest absolute Gasteiger partial charge is 0.250 e. The predicted octanol–water partition coefficient (Wildman–Crippen LogP) is 0.502. The number of carbonyl (C=O) groups is 1. The third kappa shape index (κ3) is 4.11. The summed E-state index contributed by atoms with van der Waals surface area (Å²) >= 11 is 0. The summed E-state index contributed by atoms with van der Waals surface area (Å²) in [4.78, 5) is 13.7. The average molecular weight is 278 g/mol. The van der Waals surface area contributed by atoms with Crippen molar-refractivity contribution in [1.82, 2.24) is 4.90 Å². The van der Waals surface area contributed by atoms with Gasteiger partial charge in [-0.05, 0) is 31.2 Å². The Morgan fingerprint density at radius 1 is 1.35 bits per heavy atom. The second-order valence-corrected chi connectivity index (χ2v) is 4.90. The van der Waals surface area contributed by atoms with E-state index in [0.717, 1.165) is 45.8 Å². The molecule has 0 spiro atoms. The van der Waals surface area contributed by atoms with Crippen molar-refractivity contribution in [3.05, 3.63) is 23.8 Å². The molecule has 1 aromatic rings. The molecule has 0 aromatic heterocycles. The summed E-state index contributed by atoms with van der Waals surface area (Å²) in [5, 5.41) is 3.24. The van der Waals surface area contributed by atoms with Gasteiger partial charge in [-0.15, -0.1) is 0 Å². The number of nitrogens with one attached hydrogen (secondary N) is 1. The number of ether oxygens (including phenoxy) is 1. The van der Waals surface area contributed by atoms with Crippen molar-refractivity contribution in [2.45, 2.75) is 6.42 Å². The van der Waals surface area contributed by atoms with E-state index in [2.05, 4.69) is 10.2 Å². The largest absolute Gasteiger partial charge is 0.399 e. The minimum atomic E-state index is -0.444. The lowest BCUT2D eigenvalue weighted by atomic mass is 10.1. The van der Waals surface area contributed by atoms with E-state index in [1.165, 1.54) is 0 Å². The number of nitrogens with two attached hydrogens (primary N) is 2. The molecule has 20 heavy (non-hydrogen) atoms. The number of morpholine rings is 1. The first-order chi connectivity index (χ1) is 9.66. The van der Waals surface area contributed by atoms with Crippen LogP contribution in [0.4, 0.5) is 11.4 Å². The van der Waals surface area contributed by atoms with Gasteiger partial charge >= 0.3 is 0 Å². The SMILES string of the molecule is NC(=O)c1ccc(N)cc1NCCCN1CCOCC1. The normalized spacial score (nSPS) is 16.0. The van der Waals surface area contributed by atoms with Gasteiger partial charge in [0.15, 0.2) is 0 Å². The van der Waals surface area contributed by atoms with Crippen LogP contribution in [0.2, 0.25) is 0 Å². The fourth-order valence-electron chi connectivity index (χ4n) is 2.27. The highest BCUT2D eigenvalue weighted by Gasteiger charge is 2.10. The molecule has 6 nitrogen and oxygen atoms in total. The van der Waals surface area contributed by atoms with E-state index < -0.39 is 5.91 Å². The van der Waals surface area contributed by atoms with Gasteiger partial charge in [0, 0.05) is 31.0 Å². The van der Waals surface area contributed by atoms with Gasteiger partial charge in [-0.3, -0.25) is 9.69 Å². The summed E-state index contributed by atoms with van der Waals surface area (Å²) in [6.45, 7) is 5.41. The van der Waals surface area contributed by atoms with Crippen LogP contribution >= 0.6 is 0 Å². The number of carbonyl (C=O) groups excluding carboxylic acids is 1. The van der Waals surface area contributed by atoms with Crippen LogP contribution in [-0.4, -0.2) is 50.2 Å². The number of amides is 1. The molecule has 0 saturated carbocycles. The van der Waals surface area contributed by atoms with E-state index in [-0.39, 0.29) is 0 Å². The molecule has 1 aliphatic rings. The van der Waals surface area contributed by atoms with Crippen LogP contribution in [0.1, 0.15) is 16.8 Å². The van der Waals surface area contributed by atoms with Crippen molar-refractivity contribution < 1.29 is 9.53 Å². The summed E-state index contributed by atoms with van der Waals surface area (Å²) in [7, 11) is 0. The minimum Gasteiger partial charge on any atom is -0.399 e. The molecular formula is C14H22N4O2. The van der Waals surface area contributed by atoms with Crippen molar-refractivity contribution in [3.63, 3.8) is 0 Å². The molecular weight excluding hydrogens is 256 g/mol.